The maximum atomic E-state index is 13.2. The van der Waals surface area contributed by atoms with Crippen LogP contribution in [-0.2, 0) is 22.6 Å². The van der Waals surface area contributed by atoms with Crippen molar-refractivity contribution in [3.63, 3.8) is 0 Å². The molecule has 3 rings (SSSR count). The van der Waals surface area contributed by atoms with Gasteiger partial charge in [-0.1, -0.05) is 33.2 Å². The molecule has 0 unspecified atom stereocenters. The molecule has 0 N–H and O–H groups in total. The number of rotatable bonds is 6. The van der Waals surface area contributed by atoms with Crippen LogP contribution in [-0.4, -0.2) is 40.7 Å². The summed E-state index contributed by atoms with van der Waals surface area (Å²) >= 11 is 11.6. The van der Waals surface area contributed by atoms with Gasteiger partial charge in [-0.3, -0.25) is 0 Å². The van der Waals surface area contributed by atoms with Crippen LogP contribution in [0, 0.1) is 0 Å². The van der Waals surface area contributed by atoms with Crippen LogP contribution in [0.1, 0.15) is 11.1 Å². The second-order valence-corrected chi connectivity index (χ2v) is 8.62. The molecule has 9 nitrogen and oxygen atoms in total. The summed E-state index contributed by atoms with van der Waals surface area (Å²) in [5.41, 5.74) is -8.09. The van der Waals surface area contributed by atoms with E-state index in [-0.39, 0.29) is 10.4 Å². The third-order valence-electron chi connectivity index (χ3n) is 3.89. The summed E-state index contributed by atoms with van der Waals surface area (Å²) in [7, 11) is -6.07. The minimum absolute atomic E-state index is 0.210. The van der Waals surface area contributed by atoms with Crippen LogP contribution in [0.4, 0.5) is 32.2 Å². The van der Waals surface area contributed by atoms with Gasteiger partial charge in [0.1, 0.15) is 6.61 Å². The zero-order valence-electron chi connectivity index (χ0n) is 15.4. The van der Waals surface area contributed by atoms with Crippen LogP contribution in [0.15, 0.2) is 32.9 Å². The minimum Gasteiger partial charge on any atom is -0.390 e. The topological polar surface area (TPSA) is 112 Å². The standard InChI is InChI=1S/C15H7Cl2F6N5O4S/c1-24-13-11(33(29,30)15(21,22)23)10(12-25-5-31-27-12)26-28(13)32-4-7-8(16)2-6(3-9(7)17)14(18,19)20/h2-3,5H,1,4H2. The van der Waals surface area contributed by atoms with Gasteiger partial charge in [0.05, 0.1) is 5.56 Å². The van der Waals surface area contributed by atoms with Gasteiger partial charge >= 0.3 is 11.7 Å². The van der Waals surface area contributed by atoms with E-state index in [2.05, 4.69) is 31.5 Å². The third-order valence-corrected chi connectivity index (χ3v) is 6.08. The lowest BCUT2D eigenvalue weighted by atomic mass is 10.1. The molecular weight excluding hydrogens is 531 g/mol. The highest BCUT2D eigenvalue weighted by Gasteiger charge is 2.51. The summed E-state index contributed by atoms with van der Waals surface area (Å²) in [5.74, 6) is -1.68. The Balaban J connectivity index is 2.09. The van der Waals surface area contributed by atoms with Crippen molar-refractivity contribution in [2.75, 3.05) is 0 Å². The van der Waals surface area contributed by atoms with E-state index in [9.17, 15) is 34.8 Å². The largest absolute Gasteiger partial charge is 0.502 e. The van der Waals surface area contributed by atoms with E-state index in [1.807, 2.05) is 0 Å². The van der Waals surface area contributed by atoms with E-state index in [0.29, 0.717) is 18.5 Å². The number of sulfone groups is 1. The van der Waals surface area contributed by atoms with Crippen LogP contribution in [0.3, 0.4) is 0 Å². The molecule has 33 heavy (non-hydrogen) atoms. The monoisotopic (exact) mass is 537 g/mol. The second kappa shape index (κ2) is 8.49. The van der Waals surface area contributed by atoms with E-state index in [4.69, 9.17) is 28.0 Å². The molecule has 0 atom stereocenters. The molecule has 0 saturated carbocycles. The lowest BCUT2D eigenvalue weighted by Gasteiger charge is -2.13. The lowest BCUT2D eigenvalue weighted by Crippen LogP contribution is -2.24. The molecule has 0 amide bonds. The first-order valence-corrected chi connectivity index (χ1v) is 10.3. The zero-order chi connectivity index (χ0) is 24.8. The van der Waals surface area contributed by atoms with Crippen molar-refractivity contribution in [3.8, 4) is 11.5 Å². The van der Waals surface area contributed by atoms with Crippen LogP contribution in [0.2, 0.25) is 10.0 Å². The predicted molar refractivity (Wildman–Crippen MR) is 99.7 cm³/mol. The molecule has 0 saturated heterocycles. The second-order valence-electron chi connectivity index (χ2n) is 5.93. The number of aromatic nitrogens is 4. The average molecular weight is 538 g/mol. The normalized spacial score (nSPS) is 12.7. The van der Waals surface area contributed by atoms with E-state index in [0.717, 1.165) is 0 Å². The van der Waals surface area contributed by atoms with Gasteiger partial charge in [0.25, 0.3) is 9.84 Å². The predicted octanol–water partition coefficient (Wildman–Crippen LogP) is 4.51. The van der Waals surface area contributed by atoms with Crippen molar-refractivity contribution >= 4 is 45.6 Å². The summed E-state index contributed by atoms with van der Waals surface area (Å²) in [6.45, 7) is 2.25. The van der Waals surface area contributed by atoms with E-state index in [1.165, 1.54) is 0 Å². The minimum atomic E-state index is -6.07. The number of benzene rings is 1. The molecule has 0 aliphatic rings. The van der Waals surface area contributed by atoms with Crippen molar-refractivity contribution in [2.24, 2.45) is 4.99 Å². The van der Waals surface area contributed by atoms with Crippen molar-refractivity contribution in [2.45, 2.75) is 23.2 Å². The Labute approximate surface area is 189 Å². The maximum Gasteiger partial charge on any atom is 0.502 e. The van der Waals surface area contributed by atoms with Gasteiger partial charge in [-0.05, 0) is 18.9 Å². The summed E-state index contributed by atoms with van der Waals surface area (Å²) in [6, 6.07) is 1.10. The Bertz CT molecular complexity index is 1280. The van der Waals surface area contributed by atoms with E-state index < -0.39 is 66.0 Å². The Morgan fingerprint density at radius 1 is 1.15 bits per heavy atom. The highest BCUT2D eigenvalue weighted by Crippen LogP contribution is 2.41. The molecule has 2 aromatic heterocycles. The van der Waals surface area contributed by atoms with Crippen LogP contribution >= 0.6 is 23.2 Å². The molecule has 178 valence electrons. The van der Waals surface area contributed by atoms with Crippen molar-refractivity contribution in [1.82, 2.24) is 20.1 Å². The maximum absolute atomic E-state index is 13.2. The quantitative estimate of drug-likeness (QED) is 0.335. The third kappa shape index (κ3) is 4.63. The van der Waals surface area contributed by atoms with Gasteiger partial charge in [0.15, 0.2) is 10.6 Å². The number of nitrogens with zero attached hydrogens (tertiary/aromatic N) is 5. The van der Waals surface area contributed by atoms with Crippen LogP contribution in [0.25, 0.3) is 11.5 Å². The summed E-state index contributed by atoms with van der Waals surface area (Å²) in [6.07, 6.45) is -4.06. The molecule has 2 heterocycles. The van der Waals surface area contributed by atoms with Gasteiger partial charge in [0, 0.05) is 15.6 Å². The van der Waals surface area contributed by atoms with Crippen molar-refractivity contribution in [3.05, 3.63) is 39.7 Å². The van der Waals surface area contributed by atoms with Crippen molar-refractivity contribution in [1.29, 1.82) is 0 Å². The molecule has 0 aliphatic heterocycles. The Hall–Kier alpha value is -2.85. The summed E-state index contributed by atoms with van der Waals surface area (Å²) in [5, 5.41) is 5.84. The number of hydrogen-bond acceptors (Lipinski definition) is 8. The van der Waals surface area contributed by atoms with Crippen LogP contribution in [0.5, 0.6) is 0 Å². The average Bonchev–Trinajstić information content (AvgIpc) is 3.33. The molecule has 3 aromatic rings. The fraction of sp³-hybridized carbons (Fsp3) is 0.200. The SMILES string of the molecule is C=Nc1c(S(=O)(=O)C(F)(F)F)c(-c2ncon2)nn1OCc1c(Cl)cc(C(F)(F)F)cc1Cl. The highest BCUT2D eigenvalue weighted by atomic mass is 35.5. The van der Waals surface area contributed by atoms with Crippen molar-refractivity contribution < 1.29 is 44.1 Å². The number of alkyl halides is 6. The number of aliphatic imine (C=N–C) groups is 1. The molecule has 1 aromatic carbocycles. The Morgan fingerprint density at radius 2 is 1.76 bits per heavy atom. The first kappa shape index (κ1) is 24.8. The fourth-order valence-electron chi connectivity index (χ4n) is 2.41. The van der Waals surface area contributed by atoms with Gasteiger partial charge < -0.3 is 9.36 Å². The fourth-order valence-corrected chi connectivity index (χ4v) is 4.01. The smallest absolute Gasteiger partial charge is 0.390 e. The Kier molecular flexibility index (Phi) is 6.38. The first-order valence-electron chi connectivity index (χ1n) is 8.04. The number of halogens is 8. The molecular formula is C15H7Cl2F6N5O4S. The molecule has 0 bridgehead atoms. The van der Waals surface area contributed by atoms with E-state index >= 15 is 0 Å². The molecule has 0 spiro atoms. The summed E-state index contributed by atoms with van der Waals surface area (Å²) < 4.78 is 107. The van der Waals surface area contributed by atoms with Gasteiger partial charge in [-0.25, -0.2) is 13.4 Å². The zero-order valence-corrected chi connectivity index (χ0v) is 17.8. The molecule has 18 heteroatoms. The Morgan fingerprint density at radius 3 is 2.21 bits per heavy atom. The first-order chi connectivity index (χ1) is 15.2. The number of hydrogen-bond donors (Lipinski definition) is 0. The summed E-state index contributed by atoms with van der Waals surface area (Å²) in [4.78, 5) is 10.6. The van der Waals surface area contributed by atoms with Gasteiger partial charge in [-0.15, -0.1) is 5.10 Å². The van der Waals surface area contributed by atoms with Crippen LogP contribution < -0.4 is 4.84 Å². The molecule has 0 radical (unpaired) electrons. The molecule has 0 fully saturated rings. The lowest BCUT2D eigenvalue weighted by molar-refractivity contribution is -0.137. The molecule has 0 aliphatic carbocycles. The van der Waals surface area contributed by atoms with Gasteiger partial charge in [0.2, 0.25) is 18.0 Å². The highest BCUT2D eigenvalue weighted by molar-refractivity contribution is 7.92. The van der Waals surface area contributed by atoms with Gasteiger partial charge in [-0.2, -0.15) is 31.3 Å². The van der Waals surface area contributed by atoms with E-state index in [1.54, 1.807) is 0 Å².